The van der Waals surface area contributed by atoms with Gasteiger partial charge in [0.25, 0.3) is 0 Å². The zero-order chi connectivity index (χ0) is 18.4. The molecule has 0 radical (unpaired) electrons. The zero-order valence-electron chi connectivity index (χ0n) is 15.0. The maximum absolute atomic E-state index is 12.9. The quantitative estimate of drug-likeness (QED) is 0.773. The van der Waals surface area contributed by atoms with Crippen LogP contribution in [0.3, 0.4) is 0 Å². The predicted octanol–water partition coefficient (Wildman–Crippen LogP) is 1.13. The third-order valence-electron chi connectivity index (χ3n) is 5.79. The Balaban J connectivity index is 1.24. The Kier molecular flexibility index (Phi) is 3.98. The second-order valence-electron chi connectivity index (χ2n) is 7.38. The molecule has 0 bridgehead atoms. The van der Waals surface area contributed by atoms with Crippen LogP contribution in [0.25, 0.3) is 0 Å². The second kappa shape index (κ2) is 6.38. The first-order chi connectivity index (χ1) is 13.1. The van der Waals surface area contributed by atoms with Crippen molar-refractivity contribution in [1.82, 2.24) is 4.90 Å². The maximum Gasteiger partial charge on any atom is 0.231 e. The Morgan fingerprint density at radius 2 is 1.81 bits per heavy atom. The molecule has 1 aromatic carbocycles. The van der Waals surface area contributed by atoms with E-state index >= 15 is 0 Å². The van der Waals surface area contributed by atoms with Crippen LogP contribution >= 0.6 is 0 Å². The minimum absolute atomic E-state index is 0.0387. The lowest BCUT2D eigenvalue weighted by atomic mass is 10.0. The molecule has 2 amide bonds. The van der Waals surface area contributed by atoms with Crippen molar-refractivity contribution in [2.45, 2.75) is 25.0 Å². The first kappa shape index (κ1) is 16.8. The van der Waals surface area contributed by atoms with E-state index in [1.54, 1.807) is 17.0 Å². The number of hydrogen-bond donors (Lipinski definition) is 0. The van der Waals surface area contributed by atoms with Crippen LogP contribution in [0.15, 0.2) is 18.2 Å². The summed E-state index contributed by atoms with van der Waals surface area (Å²) in [4.78, 5) is 29.0. The summed E-state index contributed by atoms with van der Waals surface area (Å²) in [6.07, 6.45) is 1.61. The smallest absolute Gasteiger partial charge is 0.231 e. The van der Waals surface area contributed by atoms with Crippen LogP contribution < -0.4 is 14.4 Å². The molecular formula is C19H22N2O6. The van der Waals surface area contributed by atoms with Crippen molar-refractivity contribution in [3.05, 3.63) is 18.2 Å². The first-order valence-electron chi connectivity index (χ1n) is 9.40. The van der Waals surface area contributed by atoms with Gasteiger partial charge < -0.3 is 28.7 Å². The number of anilines is 1. The fourth-order valence-corrected chi connectivity index (χ4v) is 4.29. The summed E-state index contributed by atoms with van der Waals surface area (Å²) in [5.41, 5.74) is 0.741. The van der Waals surface area contributed by atoms with Gasteiger partial charge in [-0.25, -0.2) is 0 Å². The summed E-state index contributed by atoms with van der Waals surface area (Å²) in [7, 11) is 0. The molecule has 4 heterocycles. The van der Waals surface area contributed by atoms with Crippen molar-refractivity contribution < 1.29 is 28.5 Å². The van der Waals surface area contributed by atoms with Crippen LogP contribution in [0.2, 0.25) is 0 Å². The van der Waals surface area contributed by atoms with E-state index in [0.717, 1.165) is 5.69 Å². The molecule has 0 aliphatic carbocycles. The number of piperidine rings is 1. The van der Waals surface area contributed by atoms with Crippen LogP contribution in [0.5, 0.6) is 11.5 Å². The topological polar surface area (TPSA) is 77.5 Å². The molecule has 8 nitrogen and oxygen atoms in total. The van der Waals surface area contributed by atoms with Crippen molar-refractivity contribution in [2.75, 3.05) is 44.5 Å². The molecule has 3 fully saturated rings. The Morgan fingerprint density at radius 3 is 2.59 bits per heavy atom. The zero-order valence-corrected chi connectivity index (χ0v) is 15.0. The number of carbonyl (C=O) groups excluding carboxylic acids is 2. The molecule has 144 valence electrons. The Labute approximate surface area is 156 Å². The van der Waals surface area contributed by atoms with E-state index in [4.69, 9.17) is 18.9 Å². The van der Waals surface area contributed by atoms with E-state index in [0.29, 0.717) is 57.2 Å². The largest absolute Gasteiger partial charge is 0.454 e. The normalized spacial score (nSPS) is 26.2. The molecule has 0 aromatic heterocycles. The average Bonchev–Trinajstić information content (AvgIpc) is 3.41. The Bertz CT molecular complexity index is 765. The first-order valence-corrected chi connectivity index (χ1v) is 9.40. The monoisotopic (exact) mass is 374 g/mol. The van der Waals surface area contributed by atoms with E-state index in [-0.39, 0.29) is 30.9 Å². The summed E-state index contributed by atoms with van der Waals surface area (Å²) in [6.45, 7) is 3.04. The number of carbonyl (C=O) groups is 2. The lowest BCUT2D eigenvalue weighted by Gasteiger charge is -2.38. The Morgan fingerprint density at radius 1 is 1.07 bits per heavy atom. The van der Waals surface area contributed by atoms with Crippen LogP contribution in [-0.4, -0.2) is 62.1 Å². The molecule has 8 heteroatoms. The highest BCUT2D eigenvalue weighted by atomic mass is 16.7. The average molecular weight is 374 g/mol. The highest BCUT2D eigenvalue weighted by Crippen LogP contribution is 2.38. The number of benzene rings is 1. The maximum atomic E-state index is 12.9. The van der Waals surface area contributed by atoms with Gasteiger partial charge >= 0.3 is 0 Å². The summed E-state index contributed by atoms with van der Waals surface area (Å²) in [6, 6.07) is 5.43. The van der Waals surface area contributed by atoms with Gasteiger partial charge in [0.15, 0.2) is 17.3 Å². The van der Waals surface area contributed by atoms with Gasteiger partial charge in [-0.05, 0) is 12.1 Å². The molecule has 3 saturated heterocycles. The van der Waals surface area contributed by atoms with E-state index in [1.165, 1.54) is 0 Å². The summed E-state index contributed by atoms with van der Waals surface area (Å²) in [5.74, 6) is 0.496. The second-order valence-corrected chi connectivity index (χ2v) is 7.38. The third kappa shape index (κ3) is 2.93. The number of nitrogens with zero attached hydrogens (tertiary/aromatic N) is 2. The summed E-state index contributed by atoms with van der Waals surface area (Å²) < 4.78 is 22.1. The molecule has 1 spiro atoms. The number of ether oxygens (including phenoxy) is 4. The van der Waals surface area contributed by atoms with Crippen LogP contribution in [0.4, 0.5) is 5.69 Å². The minimum atomic E-state index is -0.499. The molecule has 0 N–H and O–H groups in total. The van der Waals surface area contributed by atoms with Gasteiger partial charge in [0.05, 0.1) is 19.1 Å². The van der Waals surface area contributed by atoms with Crippen molar-refractivity contribution in [2.24, 2.45) is 5.92 Å². The third-order valence-corrected chi connectivity index (χ3v) is 5.79. The molecule has 1 atom stereocenters. The molecule has 27 heavy (non-hydrogen) atoms. The number of likely N-dealkylation sites (tertiary alicyclic amines) is 1. The molecule has 4 aliphatic heterocycles. The number of amides is 2. The van der Waals surface area contributed by atoms with Crippen LogP contribution in [0, 0.1) is 5.92 Å². The van der Waals surface area contributed by atoms with Gasteiger partial charge in [0.1, 0.15) is 0 Å². The standard InChI is InChI=1S/C19H22N2O6/c22-17-9-13(11-21(17)14-1-2-15-16(10-14)25-12-24-15)18(23)20-5-3-19(4-6-20)26-7-8-27-19/h1-2,10,13H,3-9,11-12H2. The van der Waals surface area contributed by atoms with E-state index in [1.807, 2.05) is 11.0 Å². The van der Waals surface area contributed by atoms with Crippen molar-refractivity contribution in [3.8, 4) is 11.5 Å². The molecule has 5 rings (SSSR count). The van der Waals surface area contributed by atoms with Gasteiger partial charge in [0, 0.05) is 50.7 Å². The highest BCUT2D eigenvalue weighted by Gasteiger charge is 2.43. The van der Waals surface area contributed by atoms with E-state index < -0.39 is 5.79 Å². The van der Waals surface area contributed by atoms with Crippen molar-refractivity contribution >= 4 is 17.5 Å². The SMILES string of the molecule is O=C(C1CC(=O)N(c2ccc3c(c2)OCO3)C1)N1CCC2(CC1)OCCO2. The van der Waals surface area contributed by atoms with Gasteiger partial charge in [-0.15, -0.1) is 0 Å². The molecular weight excluding hydrogens is 352 g/mol. The number of rotatable bonds is 2. The minimum Gasteiger partial charge on any atom is -0.454 e. The molecule has 0 saturated carbocycles. The summed E-state index contributed by atoms with van der Waals surface area (Å²) >= 11 is 0. The van der Waals surface area contributed by atoms with E-state index in [2.05, 4.69) is 0 Å². The van der Waals surface area contributed by atoms with Gasteiger partial charge in [-0.2, -0.15) is 0 Å². The van der Waals surface area contributed by atoms with Gasteiger partial charge in [-0.1, -0.05) is 0 Å². The Hall–Kier alpha value is -2.32. The van der Waals surface area contributed by atoms with Gasteiger partial charge in [-0.3, -0.25) is 9.59 Å². The molecule has 1 unspecified atom stereocenters. The lowest BCUT2D eigenvalue weighted by molar-refractivity contribution is -0.188. The predicted molar refractivity (Wildman–Crippen MR) is 93.5 cm³/mol. The fraction of sp³-hybridized carbons (Fsp3) is 0.579. The summed E-state index contributed by atoms with van der Waals surface area (Å²) in [5, 5.41) is 0. The molecule has 4 aliphatic rings. The van der Waals surface area contributed by atoms with Crippen LogP contribution in [0.1, 0.15) is 19.3 Å². The lowest BCUT2D eigenvalue weighted by Crippen LogP contribution is -2.49. The number of hydrogen-bond acceptors (Lipinski definition) is 6. The molecule has 1 aromatic rings. The van der Waals surface area contributed by atoms with Crippen molar-refractivity contribution in [1.29, 1.82) is 0 Å². The van der Waals surface area contributed by atoms with Crippen molar-refractivity contribution in [3.63, 3.8) is 0 Å². The van der Waals surface area contributed by atoms with E-state index in [9.17, 15) is 9.59 Å². The number of fused-ring (bicyclic) bond motifs is 1. The van der Waals surface area contributed by atoms with Gasteiger partial charge in [0.2, 0.25) is 18.6 Å². The van der Waals surface area contributed by atoms with Crippen LogP contribution in [-0.2, 0) is 19.1 Å². The highest BCUT2D eigenvalue weighted by molar-refractivity contribution is 6.00. The fourth-order valence-electron chi connectivity index (χ4n) is 4.29.